The normalized spacial score (nSPS) is 17.2. The first-order chi connectivity index (χ1) is 12.2. The summed E-state index contributed by atoms with van der Waals surface area (Å²) in [4.78, 5) is 15.0. The van der Waals surface area contributed by atoms with Crippen molar-refractivity contribution in [2.24, 2.45) is 0 Å². The summed E-state index contributed by atoms with van der Waals surface area (Å²) in [6.07, 6.45) is 7.46. The van der Waals surface area contributed by atoms with Crippen molar-refractivity contribution in [2.75, 3.05) is 6.54 Å². The second-order valence-corrected chi connectivity index (χ2v) is 6.56. The summed E-state index contributed by atoms with van der Waals surface area (Å²) in [7, 11) is 0. The van der Waals surface area contributed by atoms with E-state index in [4.69, 9.17) is 4.42 Å². The number of furan rings is 1. The van der Waals surface area contributed by atoms with E-state index in [0.29, 0.717) is 5.76 Å². The molecule has 2 aromatic heterocycles. The van der Waals surface area contributed by atoms with Gasteiger partial charge in [-0.15, -0.1) is 0 Å². The van der Waals surface area contributed by atoms with Crippen molar-refractivity contribution in [1.82, 2.24) is 14.7 Å². The lowest BCUT2D eigenvalue weighted by Gasteiger charge is -2.24. The van der Waals surface area contributed by atoms with Crippen molar-refractivity contribution in [3.8, 4) is 11.1 Å². The average molecular weight is 335 g/mol. The lowest BCUT2D eigenvalue weighted by molar-refractivity contribution is 0.0690. The zero-order valence-corrected chi connectivity index (χ0v) is 14.3. The van der Waals surface area contributed by atoms with Gasteiger partial charge in [-0.25, -0.2) is 0 Å². The first-order valence-electron chi connectivity index (χ1n) is 8.65. The molecule has 0 aliphatic carbocycles. The molecule has 1 amide bonds. The van der Waals surface area contributed by atoms with Gasteiger partial charge in [0, 0.05) is 18.3 Å². The molecule has 0 N–H and O–H groups in total. The number of carbonyl (C=O) groups is 1. The molecule has 0 spiro atoms. The van der Waals surface area contributed by atoms with E-state index in [1.54, 1.807) is 6.26 Å². The Kier molecular flexibility index (Phi) is 4.14. The highest BCUT2D eigenvalue weighted by Crippen LogP contribution is 2.29. The minimum atomic E-state index is -0.0322. The Hall–Kier alpha value is -2.82. The second-order valence-electron chi connectivity index (χ2n) is 6.56. The van der Waals surface area contributed by atoms with Crippen molar-refractivity contribution >= 4 is 5.91 Å². The van der Waals surface area contributed by atoms with Crippen LogP contribution in [-0.4, -0.2) is 33.2 Å². The van der Waals surface area contributed by atoms with Crippen LogP contribution in [-0.2, 0) is 6.54 Å². The highest BCUT2D eigenvalue weighted by molar-refractivity contribution is 5.98. The molecule has 0 saturated carbocycles. The molecule has 4 rings (SSSR count). The molecule has 1 saturated heterocycles. The number of carbonyl (C=O) groups excluding carboxylic acids is 1. The fourth-order valence-corrected chi connectivity index (χ4v) is 3.53. The SMILES string of the molecule is Cc1cnn(C[C@H]2CCCN2C(=O)c2occc2-c2ccccc2)c1. The van der Waals surface area contributed by atoms with Gasteiger partial charge >= 0.3 is 0 Å². The number of rotatable bonds is 4. The molecule has 128 valence electrons. The van der Waals surface area contributed by atoms with E-state index in [-0.39, 0.29) is 11.9 Å². The first-order valence-corrected chi connectivity index (χ1v) is 8.65. The Balaban J connectivity index is 1.57. The van der Waals surface area contributed by atoms with Crippen LogP contribution in [0.3, 0.4) is 0 Å². The van der Waals surface area contributed by atoms with Crippen molar-refractivity contribution in [1.29, 1.82) is 0 Å². The lowest BCUT2D eigenvalue weighted by Crippen LogP contribution is -2.38. The number of hydrogen-bond acceptors (Lipinski definition) is 3. The Bertz CT molecular complexity index is 866. The molecule has 3 aromatic rings. The molecule has 25 heavy (non-hydrogen) atoms. The van der Waals surface area contributed by atoms with Crippen LogP contribution in [0.2, 0.25) is 0 Å². The van der Waals surface area contributed by atoms with Gasteiger partial charge in [-0.2, -0.15) is 5.10 Å². The Labute approximate surface area is 146 Å². The predicted molar refractivity (Wildman–Crippen MR) is 95.2 cm³/mol. The molecule has 3 heterocycles. The van der Waals surface area contributed by atoms with Crippen molar-refractivity contribution in [3.05, 3.63) is 66.4 Å². The molecular formula is C20H21N3O2. The topological polar surface area (TPSA) is 51.3 Å². The van der Waals surface area contributed by atoms with Gasteiger partial charge in [0.1, 0.15) is 0 Å². The van der Waals surface area contributed by atoms with Gasteiger partial charge in [0.25, 0.3) is 5.91 Å². The Morgan fingerprint density at radius 2 is 2.12 bits per heavy atom. The summed E-state index contributed by atoms with van der Waals surface area (Å²) in [6.45, 7) is 3.51. The fourth-order valence-electron chi connectivity index (χ4n) is 3.53. The van der Waals surface area contributed by atoms with E-state index >= 15 is 0 Å². The van der Waals surface area contributed by atoms with Gasteiger partial charge in [-0.3, -0.25) is 9.48 Å². The van der Waals surface area contributed by atoms with Crippen LogP contribution in [0.5, 0.6) is 0 Å². The van der Waals surface area contributed by atoms with E-state index in [9.17, 15) is 4.79 Å². The number of aryl methyl sites for hydroxylation is 1. The van der Waals surface area contributed by atoms with Crippen molar-refractivity contribution in [2.45, 2.75) is 32.4 Å². The summed E-state index contributed by atoms with van der Waals surface area (Å²) in [6, 6.07) is 11.9. The number of aromatic nitrogens is 2. The molecule has 0 unspecified atom stereocenters. The third-order valence-electron chi connectivity index (χ3n) is 4.74. The van der Waals surface area contributed by atoms with Gasteiger partial charge in [-0.1, -0.05) is 30.3 Å². The van der Waals surface area contributed by atoms with Gasteiger partial charge in [0.05, 0.1) is 25.0 Å². The largest absolute Gasteiger partial charge is 0.459 e. The molecule has 1 aliphatic rings. The van der Waals surface area contributed by atoms with E-state index in [1.807, 2.05) is 65.3 Å². The molecule has 1 aromatic carbocycles. The zero-order chi connectivity index (χ0) is 17.2. The zero-order valence-electron chi connectivity index (χ0n) is 14.3. The third-order valence-corrected chi connectivity index (χ3v) is 4.74. The van der Waals surface area contributed by atoms with Crippen LogP contribution in [0.1, 0.15) is 29.0 Å². The molecule has 5 nitrogen and oxygen atoms in total. The minimum absolute atomic E-state index is 0.0322. The van der Waals surface area contributed by atoms with E-state index in [0.717, 1.165) is 42.6 Å². The monoisotopic (exact) mass is 335 g/mol. The predicted octanol–water partition coefficient (Wildman–Crippen LogP) is 3.76. The fraction of sp³-hybridized carbons (Fsp3) is 0.300. The first kappa shape index (κ1) is 15.7. The van der Waals surface area contributed by atoms with E-state index in [2.05, 4.69) is 5.10 Å². The molecule has 1 aliphatic heterocycles. The summed E-state index contributed by atoms with van der Waals surface area (Å²) in [5.41, 5.74) is 2.98. The smallest absolute Gasteiger partial charge is 0.290 e. The molecule has 1 atom stereocenters. The highest BCUT2D eigenvalue weighted by atomic mass is 16.3. The van der Waals surface area contributed by atoms with E-state index in [1.165, 1.54) is 0 Å². The molecule has 5 heteroatoms. The maximum Gasteiger partial charge on any atom is 0.290 e. The second kappa shape index (κ2) is 6.59. The van der Waals surface area contributed by atoms with Crippen LogP contribution < -0.4 is 0 Å². The highest BCUT2D eigenvalue weighted by Gasteiger charge is 2.32. The molecule has 1 fully saturated rings. The van der Waals surface area contributed by atoms with Gasteiger partial charge in [0.15, 0.2) is 5.76 Å². The van der Waals surface area contributed by atoms with Crippen LogP contribution >= 0.6 is 0 Å². The van der Waals surface area contributed by atoms with Crippen LogP contribution in [0.25, 0.3) is 11.1 Å². The Morgan fingerprint density at radius 3 is 2.88 bits per heavy atom. The number of likely N-dealkylation sites (tertiary alicyclic amines) is 1. The molecule has 0 bridgehead atoms. The summed E-state index contributed by atoms with van der Waals surface area (Å²) in [5.74, 6) is 0.393. The maximum atomic E-state index is 13.1. The van der Waals surface area contributed by atoms with Crippen molar-refractivity contribution in [3.63, 3.8) is 0 Å². The van der Waals surface area contributed by atoms with Gasteiger partial charge in [0.2, 0.25) is 0 Å². The van der Waals surface area contributed by atoms with Gasteiger partial charge in [-0.05, 0) is 37.0 Å². The average Bonchev–Trinajstić information content (AvgIpc) is 3.36. The molecular weight excluding hydrogens is 314 g/mol. The summed E-state index contributed by atoms with van der Waals surface area (Å²) in [5, 5.41) is 4.36. The third kappa shape index (κ3) is 3.09. The number of amides is 1. The quantitative estimate of drug-likeness (QED) is 0.729. The summed E-state index contributed by atoms with van der Waals surface area (Å²) < 4.78 is 7.50. The van der Waals surface area contributed by atoms with E-state index < -0.39 is 0 Å². The lowest BCUT2D eigenvalue weighted by atomic mass is 10.1. The van der Waals surface area contributed by atoms with Gasteiger partial charge < -0.3 is 9.32 Å². The van der Waals surface area contributed by atoms with Crippen LogP contribution in [0.15, 0.2) is 59.5 Å². The number of nitrogens with zero attached hydrogens (tertiary/aromatic N) is 3. The maximum absolute atomic E-state index is 13.1. The summed E-state index contributed by atoms with van der Waals surface area (Å²) >= 11 is 0. The van der Waals surface area contributed by atoms with Crippen LogP contribution in [0.4, 0.5) is 0 Å². The van der Waals surface area contributed by atoms with Crippen molar-refractivity contribution < 1.29 is 9.21 Å². The molecule has 0 radical (unpaired) electrons. The standard InChI is InChI=1S/C20H21N3O2/c1-15-12-21-22(13-15)14-17-8-5-10-23(17)20(24)19-18(9-11-25-19)16-6-3-2-4-7-16/h2-4,6-7,9,11-13,17H,5,8,10,14H2,1H3/t17-/m1/s1. The Morgan fingerprint density at radius 1 is 1.28 bits per heavy atom. The number of hydrogen-bond donors (Lipinski definition) is 0. The number of benzene rings is 1. The minimum Gasteiger partial charge on any atom is -0.459 e. The van der Waals surface area contributed by atoms with Crippen LogP contribution in [0, 0.1) is 6.92 Å².